The lowest BCUT2D eigenvalue weighted by Gasteiger charge is -2.09. The van der Waals surface area contributed by atoms with Gasteiger partial charge in [-0.05, 0) is 48.2 Å². The van der Waals surface area contributed by atoms with Crippen molar-refractivity contribution in [1.82, 2.24) is 20.3 Å². The van der Waals surface area contributed by atoms with E-state index < -0.39 is 0 Å². The van der Waals surface area contributed by atoms with Crippen molar-refractivity contribution < 1.29 is 5.11 Å². The molecule has 0 atom stereocenters. The number of pyridine rings is 1. The highest BCUT2D eigenvalue weighted by Gasteiger charge is 2.17. The number of aliphatic hydroxyl groups excluding tert-OH is 1. The van der Waals surface area contributed by atoms with E-state index in [9.17, 15) is 9.90 Å². The SMILES string of the molecule is Cc1cc(C2=NCCN2)cc2[nH]c(-c3c(NC=C(CO)Cc4ccccc4)cc[nH]c3=O)nc12. The van der Waals surface area contributed by atoms with Crippen LogP contribution in [0.3, 0.4) is 0 Å². The first-order valence-electron chi connectivity index (χ1n) is 11.2. The molecule has 0 saturated carbocycles. The Kier molecular flexibility index (Phi) is 5.97. The minimum atomic E-state index is -0.259. The Labute approximate surface area is 196 Å². The number of nitrogens with one attached hydrogen (secondary N) is 4. The lowest BCUT2D eigenvalue weighted by Crippen LogP contribution is -2.19. The fraction of sp³-hybridized carbons (Fsp3) is 0.192. The van der Waals surface area contributed by atoms with Crippen LogP contribution in [0, 0.1) is 6.92 Å². The van der Waals surface area contributed by atoms with Gasteiger partial charge in [0.2, 0.25) is 0 Å². The number of anilines is 1. The first-order chi connectivity index (χ1) is 16.6. The van der Waals surface area contributed by atoms with Crippen molar-refractivity contribution in [3.05, 3.63) is 93.5 Å². The second kappa shape index (κ2) is 9.36. The fourth-order valence-corrected chi connectivity index (χ4v) is 4.16. The number of aromatic amines is 2. The van der Waals surface area contributed by atoms with Crippen LogP contribution in [-0.2, 0) is 6.42 Å². The maximum Gasteiger partial charge on any atom is 0.261 e. The van der Waals surface area contributed by atoms with E-state index in [1.807, 2.05) is 43.3 Å². The second-order valence-electron chi connectivity index (χ2n) is 8.29. The lowest BCUT2D eigenvalue weighted by molar-refractivity contribution is 0.328. The van der Waals surface area contributed by atoms with Gasteiger partial charge in [0, 0.05) is 24.5 Å². The summed E-state index contributed by atoms with van der Waals surface area (Å²) in [6, 6.07) is 15.8. The minimum Gasteiger partial charge on any atom is -0.392 e. The first-order valence-corrected chi connectivity index (χ1v) is 11.2. The number of fused-ring (bicyclic) bond motifs is 1. The molecule has 3 heterocycles. The third kappa shape index (κ3) is 4.35. The number of aromatic nitrogens is 3. The molecule has 8 nitrogen and oxygen atoms in total. The molecule has 0 fully saturated rings. The molecule has 2 aromatic heterocycles. The summed E-state index contributed by atoms with van der Waals surface area (Å²) >= 11 is 0. The average molecular weight is 455 g/mol. The van der Waals surface area contributed by atoms with E-state index >= 15 is 0 Å². The number of benzene rings is 2. The van der Waals surface area contributed by atoms with Crippen molar-refractivity contribution in [2.75, 3.05) is 25.0 Å². The highest BCUT2D eigenvalue weighted by atomic mass is 16.3. The quantitative estimate of drug-likeness (QED) is 0.294. The van der Waals surface area contributed by atoms with Crippen molar-refractivity contribution in [3.8, 4) is 11.4 Å². The molecule has 0 amide bonds. The van der Waals surface area contributed by atoms with Gasteiger partial charge in [0.05, 0.1) is 29.9 Å². The number of amidine groups is 1. The summed E-state index contributed by atoms with van der Waals surface area (Å²) in [6.07, 6.45) is 3.95. The van der Waals surface area contributed by atoms with Crippen molar-refractivity contribution in [3.63, 3.8) is 0 Å². The van der Waals surface area contributed by atoms with Gasteiger partial charge in [0.15, 0.2) is 0 Å². The molecule has 0 radical (unpaired) electrons. The van der Waals surface area contributed by atoms with Gasteiger partial charge in [-0.2, -0.15) is 0 Å². The molecule has 0 bridgehead atoms. The summed E-state index contributed by atoms with van der Waals surface area (Å²) in [6.45, 7) is 3.51. The molecule has 1 aliphatic rings. The van der Waals surface area contributed by atoms with Crippen LogP contribution in [-0.4, -0.2) is 45.6 Å². The lowest BCUT2D eigenvalue weighted by atomic mass is 10.1. The van der Waals surface area contributed by atoms with Gasteiger partial charge in [0.25, 0.3) is 5.56 Å². The topological polar surface area (TPSA) is 118 Å². The average Bonchev–Trinajstić information content (AvgIpc) is 3.53. The van der Waals surface area contributed by atoms with Crippen LogP contribution in [0.15, 0.2) is 76.3 Å². The molecule has 0 saturated heterocycles. The third-order valence-corrected chi connectivity index (χ3v) is 5.83. The summed E-state index contributed by atoms with van der Waals surface area (Å²) in [7, 11) is 0. The third-order valence-electron chi connectivity index (χ3n) is 5.83. The van der Waals surface area contributed by atoms with Gasteiger partial charge < -0.3 is 25.7 Å². The van der Waals surface area contributed by atoms with Crippen LogP contribution < -0.4 is 16.2 Å². The van der Waals surface area contributed by atoms with Gasteiger partial charge in [0.1, 0.15) is 17.2 Å². The van der Waals surface area contributed by atoms with Crippen LogP contribution in [0.4, 0.5) is 5.69 Å². The van der Waals surface area contributed by atoms with E-state index in [0.29, 0.717) is 23.5 Å². The summed E-state index contributed by atoms with van der Waals surface area (Å²) in [4.78, 5) is 28.1. The zero-order valence-electron chi connectivity index (χ0n) is 18.9. The fourth-order valence-electron chi connectivity index (χ4n) is 4.16. The zero-order valence-corrected chi connectivity index (χ0v) is 18.9. The van der Waals surface area contributed by atoms with Crippen LogP contribution in [0.25, 0.3) is 22.4 Å². The molecule has 0 aliphatic carbocycles. The Morgan fingerprint density at radius 3 is 2.82 bits per heavy atom. The van der Waals surface area contributed by atoms with Gasteiger partial charge in [-0.3, -0.25) is 9.79 Å². The van der Waals surface area contributed by atoms with E-state index in [1.165, 1.54) is 0 Å². The molecule has 2 aromatic carbocycles. The minimum absolute atomic E-state index is 0.0923. The number of aryl methyl sites for hydroxylation is 1. The molecule has 5 N–H and O–H groups in total. The van der Waals surface area contributed by atoms with E-state index in [4.69, 9.17) is 4.98 Å². The largest absolute Gasteiger partial charge is 0.392 e. The summed E-state index contributed by atoms with van der Waals surface area (Å²) < 4.78 is 0. The molecule has 0 unspecified atom stereocenters. The highest BCUT2D eigenvalue weighted by molar-refractivity contribution is 6.03. The predicted molar refractivity (Wildman–Crippen MR) is 135 cm³/mol. The maximum absolute atomic E-state index is 12.8. The normalized spacial score (nSPS) is 13.7. The number of rotatable bonds is 7. The van der Waals surface area contributed by atoms with E-state index in [2.05, 4.69) is 31.7 Å². The van der Waals surface area contributed by atoms with Crippen molar-refractivity contribution in [2.45, 2.75) is 13.3 Å². The van der Waals surface area contributed by atoms with E-state index in [1.54, 1.807) is 18.5 Å². The van der Waals surface area contributed by atoms with Crippen molar-refractivity contribution in [2.24, 2.45) is 4.99 Å². The molecule has 1 aliphatic heterocycles. The maximum atomic E-state index is 12.8. The standard InChI is InChI=1S/C26H26N6O2/c1-16-11-19(24-27-9-10-28-24)13-21-23(16)32-25(31-21)22-20(7-8-29-26(22)34)30-14-18(15-33)12-17-5-3-2-4-6-17/h2-8,11,13-14,33H,9-10,12,15H2,1H3,(H,27,28)(H,31,32)(H2,29,30,34). The predicted octanol–water partition coefficient (Wildman–Crippen LogP) is 3.11. The van der Waals surface area contributed by atoms with Crippen LogP contribution in [0.5, 0.6) is 0 Å². The van der Waals surface area contributed by atoms with Gasteiger partial charge >= 0.3 is 0 Å². The first kappa shape index (κ1) is 21.7. The van der Waals surface area contributed by atoms with E-state index in [0.717, 1.165) is 52.2 Å². The molecule has 172 valence electrons. The Morgan fingerprint density at radius 1 is 1.21 bits per heavy atom. The van der Waals surface area contributed by atoms with Gasteiger partial charge in [-0.1, -0.05) is 30.3 Å². The molecule has 5 rings (SSSR count). The number of aliphatic imine (C=N–C) groups is 1. The number of H-pyrrole nitrogens is 2. The summed E-state index contributed by atoms with van der Waals surface area (Å²) in [5.41, 5.74) is 6.28. The smallest absolute Gasteiger partial charge is 0.261 e. The summed E-state index contributed by atoms with van der Waals surface area (Å²) in [5.74, 6) is 1.35. The Bertz CT molecular complexity index is 1450. The number of hydrogen-bond acceptors (Lipinski definition) is 6. The molecule has 34 heavy (non-hydrogen) atoms. The molecule has 8 heteroatoms. The van der Waals surface area contributed by atoms with Crippen molar-refractivity contribution >= 4 is 22.6 Å². The highest BCUT2D eigenvalue weighted by Crippen LogP contribution is 2.27. The summed E-state index contributed by atoms with van der Waals surface area (Å²) in [5, 5.41) is 16.3. The van der Waals surface area contributed by atoms with Gasteiger partial charge in [-0.25, -0.2) is 4.98 Å². The molecular weight excluding hydrogens is 428 g/mol. The number of nitrogens with zero attached hydrogens (tertiary/aromatic N) is 2. The van der Waals surface area contributed by atoms with E-state index in [-0.39, 0.29) is 12.2 Å². The second-order valence-corrected chi connectivity index (χ2v) is 8.29. The van der Waals surface area contributed by atoms with Gasteiger partial charge in [-0.15, -0.1) is 0 Å². The Balaban J connectivity index is 1.50. The Morgan fingerprint density at radius 2 is 2.06 bits per heavy atom. The molecule has 4 aromatic rings. The Hall–Kier alpha value is -4.17. The number of imidazole rings is 1. The number of aliphatic hydroxyl groups is 1. The zero-order chi connectivity index (χ0) is 23.5. The van der Waals surface area contributed by atoms with Crippen LogP contribution >= 0.6 is 0 Å². The monoisotopic (exact) mass is 454 g/mol. The molecular formula is C26H26N6O2. The van der Waals surface area contributed by atoms with Crippen LogP contribution in [0.2, 0.25) is 0 Å². The van der Waals surface area contributed by atoms with Crippen molar-refractivity contribution in [1.29, 1.82) is 0 Å². The number of hydrogen-bond donors (Lipinski definition) is 5. The van der Waals surface area contributed by atoms with Crippen LogP contribution in [0.1, 0.15) is 16.7 Å². The molecule has 0 spiro atoms.